The number of amides is 1. The van der Waals surface area contributed by atoms with E-state index < -0.39 is 35.5 Å². The Bertz CT molecular complexity index is 742. The zero-order chi connectivity index (χ0) is 16.8. The fraction of sp³-hybridized carbons (Fsp3) is 0.188. The Morgan fingerprint density at radius 3 is 2.26 bits per heavy atom. The van der Waals surface area contributed by atoms with Crippen LogP contribution in [0.15, 0.2) is 48.5 Å². The lowest BCUT2D eigenvalue weighted by Crippen LogP contribution is -2.63. The molecule has 0 bridgehead atoms. The van der Waals surface area contributed by atoms with Gasteiger partial charge in [-0.2, -0.15) is 13.2 Å². The summed E-state index contributed by atoms with van der Waals surface area (Å²) < 4.78 is 51.2. The van der Waals surface area contributed by atoms with Gasteiger partial charge < -0.3 is 10.6 Å². The van der Waals surface area contributed by atoms with Crippen LogP contribution < -0.4 is 10.6 Å². The van der Waals surface area contributed by atoms with Crippen molar-refractivity contribution >= 4 is 11.6 Å². The lowest BCUT2D eigenvalue weighted by Gasteiger charge is -2.45. The van der Waals surface area contributed by atoms with Crippen molar-refractivity contribution in [2.75, 3.05) is 4.90 Å². The molecule has 0 aromatic heterocycles. The molecule has 1 fully saturated rings. The average Bonchev–Trinajstić information content (AvgIpc) is 2.50. The van der Waals surface area contributed by atoms with Crippen molar-refractivity contribution in [2.24, 2.45) is 5.73 Å². The Morgan fingerprint density at radius 2 is 1.70 bits per heavy atom. The monoisotopic (exact) mass is 324 g/mol. The van der Waals surface area contributed by atoms with Crippen LogP contribution in [0.2, 0.25) is 0 Å². The summed E-state index contributed by atoms with van der Waals surface area (Å²) in [5.41, 5.74) is 5.79. The zero-order valence-corrected chi connectivity index (χ0v) is 11.7. The van der Waals surface area contributed by atoms with Gasteiger partial charge >= 0.3 is 6.18 Å². The summed E-state index contributed by atoms with van der Waals surface area (Å²) in [5.74, 6) is -0.914. The predicted octanol–water partition coefficient (Wildman–Crippen LogP) is 3.26. The molecule has 1 aliphatic heterocycles. The highest BCUT2D eigenvalue weighted by atomic mass is 19.4. The van der Waals surface area contributed by atoms with Crippen LogP contribution >= 0.6 is 0 Å². The molecule has 7 heteroatoms. The van der Waals surface area contributed by atoms with Crippen molar-refractivity contribution in [3.05, 3.63) is 65.5 Å². The molecule has 1 aliphatic rings. The zero-order valence-electron chi connectivity index (χ0n) is 11.7. The summed E-state index contributed by atoms with van der Waals surface area (Å²) in [7, 11) is 0. The second-order valence-corrected chi connectivity index (χ2v) is 5.28. The molecule has 3 nitrogen and oxygen atoms in total. The van der Waals surface area contributed by atoms with Crippen molar-refractivity contribution in [3.63, 3.8) is 0 Å². The highest BCUT2D eigenvalue weighted by Crippen LogP contribution is 2.39. The molecule has 1 heterocycles. The minimum absolute atomic E-state index is 0.321. The standard InChI is InChI=1S/C16H12F4N2O/c17-11-2-1-3-12(8-11)22-14(13(21)15(22)23)9-4-6-10(7-5-9)16(18,19)20/h1-8,13-14H,21H2/t13-,14+/m0/s1. The van der Waals surface area contributed by atoms with Crippen molar-refractivity contribution in [1.82, 2.24) is 0 Å². The van der Waals surface area contributed by atoms with E-state index in [0.29, 0.717) is 11.3 Å². The Morgan fingerprint density at radius 1 is 1.04 bits per heavy atom. The molecule has 0 unspecified atom stereocenters. The molecule has 0 radical (unpaired) electrons. The highest BCUT2D eigenvalue weighted by Gasteiger charge is 2.46. The first-order valence-corrected chi connectivity index (χ1v) is 6.80. The molecular formula is C16H12F4N2O. The first-order chi connectivity index (χ1) is 10.8. The summed E-state index contributed by atoms with van der Waals surface area (Å²) >= 11 is 0. The Balaban J connectivity index is 1.93. The quantitative estimate of drug-likeness (QED) is 0.681. The molecule has 0 spiro atoms. The number of benzene rings is 2. The van der Waals surface area contributed by atoms with Gasteiger partial charge in [-0.3, -0.25) is 4.79 Å². The normalized spacial score (nSPS) is 21.3. The number of halogens is 4. The average molecular weight is 324 g/mol. The molecule has 2 N–H and O–H groups in total. The summed E-state index contributed by atoms with van der Waals surface area (Å²) in [5, 5.41) is 0. The third-order valence-electron chi connectivity index (χ3n) is 3.81. The second-order valence-electron chi connectivity index (χ2n) is 5.28. The number of β-lactam (4-membered cyclic amide) rings is 1. The van der Waals surface area contributed by atoms with Crippen LogP contribution in [-0.2, 0) is 11.0 Å². The van der Waals surface area contributed by atoms with E-state index in [2.05, 4.69) is 0 Å². The minimum Gasteiger partial charge on any atom is -0.318 e. The van der Waals surface area contributed by atoms with Gasteiger partial charge in [0.25, 0.3) is 0 Å². The number of hydrogen-bond acceptors (Lipinski definition) is 2. The lowest BCUT2D eigenvalue weighted by molar-refractivity contribution is -0.137. The fourth-order valence-electron chi connectivity index (χ4n) is 2.65. The third kappa shape index (κ3) is 2.68. The molecule has 0 saturated carbocycles. The van der Waals surface area contributed by atoms with E-state index in [9.17, 15) is 22.4 Å². The third-order valence-corrected chi connectivity index (χ3v) is 3.81. The Hall–Kier alpha value is -2.41. The van der Waals surface area contributed by atoms with E-state index in [-0.39, 0.29) is 0 Å². The van der Waals surface area contributed by atoms with Crippen LogP contribution in [0.4, 0.5) is 23.2 Å². The van der Waals surface area contributed by atoms with E-state index in [1.165, 1.54) is 35.2 Å². The Labute approximate surface area is 129 Å². The SMILES string of the molecule is N[C@@H]1C(=O)N(c2cccc(F)c2)[C@@H]1c1ccc(C(F)(F)F)cc1. The van der Waals surface area contributed by atoms with Gasteiger partial charge in [0.1, 0.15) is 11.9 Å². The predicted molar refractivity (Wildman–Crippen MR) is 76.0 cm³/mol. The first kappa shape index (κ1) is 15.5. The van der Waals surface area contributed by atoms with Crippen LogP contribution in [0.5, 0.6) is 0 Å². The largest absolute Gasteiger partial charge is 0.416 e. The maximum absolute atomic E-state index is 13.3. The molecule has 2 aromatic rings. The molecule has 23 heavy (non-hydrogen) atoms. The molecule has 0 aliphatic carbocycles. The van der Waals surface area contributed by atoms with Crippen molar-refractivity contribution < 1.29 is 22.4 Å². The van der Waals surface area contributed by atoms with Crippen LogP contribution in [0, 0.1) is 5.82 Å². The van der Waals surface area contributed by atoms with Gasteiger partial charge in [-0.25, -0.2) is 4.39 Å². The van der Waals surface area contributed by atoms with Crippen molar-refractivity contribution in [3.8, 4) is 0 Å². The van der Waals surface area contributed by atoms with Crippen molar-refractivity contribution in [2.45, 2.75) is 18.3 Å². The number of nitrogens with zero attached hydrogens (tertiary/aromatic N) is 1. The van der Waals surface area contributed by atoms with Gasteiger partial charge in [-0.1, -0.05) is 18.2 Å². The van der Waals surface area contributed by atoms with Gasteiger partial charge in [-0.15, -0.1) is 0 Å². The number of alkyl halides is 3. The maximum Gasteiger partial charge on any atom is 0.416 e. The number of rotatable bonds is 2. The van der Waals surface area contributed by atoms with Gasteiger partial charge in [0.2, 0.25) is 5.91 Å². The number of carbonyl (C=O) groups excluding carboxylic acids is 1. The van der Waals surface area contributed by atoms with Crippen LogP contribution in [0.1, 0.15) is 17.2 Å². The smallest absolute Gasteiger partial charge is 0.318 e. The van der Waals surface area contributed by atoms with E-state index in [1.807, 2.05) is 0 Å². The molecule has 2 atom stereocenters. The fourth-order valence-corrected chi connectivity index (χ4v) is 2.65. The van der Waals surface area contributed by atoms with Crippen molar-refractivity contribution in [1.29, 1.82) is 0 Å². The molecule has 1 saturated heterocycles. The summed E-state index contributed by atoms with van der Waals surface area (Å²) in [6.07, 6.45) is -4.43. The van der Waals surface area contributed by atoms with Gasteiger partial charge in [0, 0.05) is 5.69 Å². The number of hydrogen-bond donors (Lipinski definition) is 1. The summed E-state index contributed by atoms with van der Waals surface area (Å²) in [6, 6.07) is 8.38. The second kappa shape index (κ2) is 5.34. The summed E-state index contributed by atoms with van der Waals surface area (Å²) in [4.78, 5) is 13.3. The van der Waals surface area contributed by atoms with Gasteiger partial charge in [-0.05, 0) is 35.9 Å². The maximum atomic E-state index is 13.3. The van der Waals surface area contributed by atoms with E-state index in [4.69, 9.17) is 5.73 Å². The van der Waals surface area contributed by atoms with E-state index >= 15 is 0 Å². The van der Waals surface area contributed by atoms with Gasteiger partial charge in [0.05, 0.1) is 11.6 Å². The topological polar surface area (TPSA) is 46.3 Å². The lowest BCUT2D eigenvalue weighted by atomic mass is 9.88. The van der Waals surface area contributed by atoms with E-state index in [1.54, 1.807) is 6.07 Å². The molecule has 3 rings (SSSR count). The number of nitrogens with two attached hydrogens (primary N) is 1. The van der Waals surface area contributed by atoms with Gasteiger partial charge in [0.15, 0.2) is 0 Å². The first-order valence-electron chi connectivity index (χ1n) is 6.80. The highest BCUT2D eigenvalue weighted by molar-refractivity contribution is 6.05. The van der Waals surface area contributed by atoms with E-state index in [0.717, 1.165) is 12.1 Å². The van der Waals surface area contributed by atoms with Crippen LogP contribution in [0.25, 0.3) is 0 Å². The molecule has 1 amide bonds. The number of carbonyl (C=O) groups is 1. The van der Waals surface area contributed by atoms with Crippen LogP contribution in [-0.4, -0.2) is 11.9 Å². The summed E-state index contributed by atoms with van der Waals surface area (Å²) in [6.45, 7) is 0. The number of anilines is 1. The minimum atomic E-state index is -4.43. The molecular weight excluding hydrogens is 312 g/mol. The molecule has 120 valence electrons. The molecule has 2 aromatic carbocycles. The van der Waals surface area contributed by atoms with Crippen LogP contribution in [0.3, 0.4) is 0 Å². The Kier molecular flexibility index (Phi) is 3.60.